The molecule has 152 valence electrons. The molecule has 1 amide bonds. The number of fused-ring (bicyclic) bond motifs is 1. The third-order valence-electron chi connectivity index (χ3n) is 5.49. The molecule has 0 saturated carbocycles. The van der Waals surface area contributed by atoms with Crippen LogP contribution in [0.3, 0.4) is 0 Å². The monoisotopic (exact) mass is 430 g/mol. The van der Waals surface area contributed by atoms with E-state index in [2.05, 4.69) is 4.98 Å². The summed E-state index contributed by atoms with van der Waals surface area (Å²) in [4.78, 5) is 22.9. The second-order valence-corrected chi connectivity index (χ2v) is 8.55. The molecule has 0 bridgehead atoms. The van der Waals surface area contributed by atoms with Crippen molar-refractivity contribution in [2.45, 2.75) is 37.6 Å². The Morgan fingerprint density at radius 2 is 2.07 bits per heavy atom. The van der Waals surface area contributed by atoms with Crippen LogP contribution < -0.4 is 5.73 Å². The molecule has 0 spiro atoms. The number of rotatable bonds is 5. The molecule has 5 nitrogen and oxygen atoms in total. The molecule has 1 aliphatic heterocycles. The van der Waals surface area contributed by atoms with Crippen molar-refractivity contribution >= 4 is 40.1 Å². The Morgan fingerprint density at radius 3 is 2.86 bits per heavy atom. The van der Waals surface area contributed by atoms with Crippen molar-refractivity contribution in [1.82, 2.24) is 14.9 Å². The van der Waals surface area contributed by atoms with Crippen molar-refractivity contribution in [2.24, 2.45) is 5.73 Å². The highest BCUT2D eigenvalue weighted by Gasteiger charge is 2.27. The summed E-state index contributed by atoms with van der Waals surface area (Å²) in [6.45, 7) is 1.45. The number of benzene rings is 2. The first kappa shape index (κ1) is 20.2. The third-order valence-corrected chi connectivity index (χ3v) is 6.23. The van der Waals surface area contributed by atoms with Gasteiger partial charge in [0.15, 0.2) is 0 Å². The van der Waals surface area contributed by atoms with E-state index in [9.17, 15) is 4.79 Å². The molecular formula is C22H24Cl2N4O. The van der Waals surface area contributed by atoms with Crippen LogP contribution in [-0.2, 0) is 11.2 Å². The molecule has 7 heteroatoms. The van der Waals surface area contributed by atoms with Crippen LogP contribution in [0.2, 0.25) is 10.0 Å². The zero-order chi connectivity index (χ0) is 20.4. The number of halogens is 2. The number of aromatic nitrogens is 2. The number of H-pyrrole nitrogens is 1. The van der Waals surface area contributed by atoms with Crippen LogP contribution in [-0.4, -0.2) is 39.9 Å². The predicted octanol–water partition coefficient (Wildman–Crippen LogP) is 4.54. The highest BCUT2D eigenvalue weighted by Crippen LogP contribution is 2.27. The van der Waals surface area contributed by atoms with Crippen molar-refractivity contribution in [3.05, 3.63) is 63.9 Å². The van der Waals surface area contributed by atoms with E-state index in [-0.39, 0.29) is 17.9 Å². The number of aromatic amines is 1. The molecule has 1 aliphatic rings. The first-order chi connectivity index (χ1) is 14.0. The van der Waals surface area contributed by atoms with Gasteiger partial charge in [0.25, 0.3) is 0 Å². The van der Waals surface area contributed by atoms with Gasteiger partial charge in [-0.25, -0.2) is 4.98 Å². The summed E-state index contributed by atoms with van der Waals surface area (Å²) in [6.07, 6.45) is 2.89. The molecule has 2 atom stereocenters. The normalized spacial score (nSPS) is 18.2. The maximum atomic E-state index is 12.8. The number of piperidine rings is 1. The smallest absolute Gasteiger partial charge is 0.224 e. The summed E-state index contributed by atoms with van der Waals surface area (Å²) in [5.41, 5.74) is 9.24. The topological polar surface area (TPSA) is 75.0 Å². The fourth-order valence-corrected chi connectivity index (χ4v) is 4.31. The zero-order valence-electron chi connectivity index (χ0n) is 16.1. The second-order valence-electron chi connectivity index (χ2n) is 7.73. The Bertz CT molecular complexity index is 986. The number of carbonyl (C=O) groups is 1. The number of nitrogens with zero attached hydrogens (tertiary/aromatic N) is 2. The van der Waals surface area contributed by atoms with Gasteiger partial charge in [-0.15, -0.1) is 0 Å². The maximum Gasteiger partial charge on any atom is 0.224 e. The van der Waals surface area contributed by atoms with Crippen LogP contribution in [0.15, 0.2) is 42.5 Å². The number of para-hydroxylation sites is 2. The van der Waals surface area contributed by atoms with Crippen LogP contribution in [0.4, 0.5) is 0 Å². The Morgan fingerprint density at radius 1 is 1.24 bits per heavy atom. The van der Waals surface area contributed by atoms with E-state index in [0.29, 0.717) is 29.4 Å². The number of nitrogens with two attached hydrogens (primary N) is 1. The van der Waals surface area contributed by atoms with Crippen LogP contribution in [0.1, 0.15) is 36.6 Å². The van der Waals surface area contributed by atoms with Gasteiger partial charge in [-0.3, -0.25) is 4.79 Å². The second kappa shape index (κ2) is 8.74. The molecule has 1 aromatic heterocycles. The van der Waals surface area contributed by atoms with Gasteiger partial charge in [-0.2, -0.15) is 0 Å². The molecule has 2 heterocycles. The SMILES string of the molecule is N[C@@H](CC(=O)N1CCCC(c2nc3ccccc3[nH]2)C1)Cc1ccc(Cl)c(Cl)c1. The maximum absolute atomic E-state index is 12.8. The van der Waals surface area contributed by atoms with Gasteiger partial charge in [0.1, 0.15) is 5.82 Å². The van der Waals surface area contributed by atoms with E-state index in [1.807, 2.05) is 41.3 Å². The van der Waals surface area contributed by atoms with Crippen LogP contribution in [0.25, 0.3) is 11.0 Å². The minimum Gasteiger partial charge on any atom is -0.342 e. The highest BCUT2D eigenvalue weighted by molar-refractivity contribution is 6.42. The average Bonchev–Trinajstić information content (AvgIpc) is 3.15. The quantitative estimate of drug-likeness (QED) is 0.623. The number of hydrogen-bond acceptors (Lipinski definition) is 3. The van der Waals surface area contributed by atoms with Crippen molar-refractivity contribution in [1.29, 1.82) is 0 Å². The van der Waals surface area contributed by atoms with Crippen molar-refractivity contribution in [3.63, 3.8) is 0 Å². The van der Waals surface area contributed by atoms with Gasteiger partial charge in [0.2, 0.25) is 5.91 Å². The lowest BCUT2D eigenvalue weighted by Crippen LogP contribution is -2.42. The summed E-state index contributed by atoms with van der Waals surface area (Å²) in [7, 11) is 0. The molecule has 3 N–H and O–H groups in total. The van der Waals surface area contributed by atoms with Crippen molar-refractivity contribution < 1.29 is 4.79 Å². The Hall–Kier alpha value is -2.08. The molecule has 2 aromatic carbocycles. The summed E-state index contributed by atoms with van der Waals surface area (Å²) in [6, 6.07) is 13.2. The number of likely N-dealkylation sites (tertiary alicyclic amines) is 1. The van der Waals surface area contributed by atoms with Crippen LogP contribution in [0, 0.1) is 0 Å². The Balaban J connectivity index is 1.37. The van der Waals surface area contributed by atoms with E-state index < -0.39 is 0 Å². The summed E-state index contributed by atoms with van der Waals surface area (Å²) in [5.74, 6) is 1.29. The minimum absolute atomic E-state index is 0.0957. The fraction of sp³-hybridized carbons (Fsp3) is 0.364. The molecule has 1 saturated heterocycles. The first-order valence-electron chi connectivity index (χ1n) is 9.91. The molecule has 1 unspecified atom stereocenters. The number of amides is 1. The Labute approximate surface area is 180 Å². The fourth-order valence-electron chi connectivity index (χ4n) is 3.99. The molecule has 29 heavy (non-hydrogen) atoms. The first-order valence-corrected chi connectivity index (χ1v) is 10.7. The van der Waals surface area contributed by atoms with Gasteiger partial charge in [-0.05, 0) is 49.1 Å². The van der Waals surface area contributed by atoms with E-state index in [4.69, 9.17) is 33.9 Å². The minimum atomic E-state index is -0.258. The molecule has 0 radical (unpaired) electrons. The van der Waals surface area contributed by atoms with Crippen molar-refractivity contribution in [3.8, 4) is 0 Å². The molecule has 0 aliphatic carbocycles. The molecule has 1 fully saturated rings. The lowest BCUT2D eigenvalue weighted by Gasteiger charge is -2.32. The predicted molar refractivity (Wildman–Crippen MR) is 117 cm³/mol. The summed E-state index contributed by atoms with van der Waals surface area (Å²) in [5, 5.41) is 1.03. The van der Waals surface area contributed by atoms with Crippen molar-refractivity contribution in [2.75, 3.05) is 13.1 Å². The number of imidazole rings is 1. The van der Waals surface area contributed by atoms with Gasteiger partial charge >= 0.3 is 0 Å². The van der Waals surface area contributed by atoms with E-state index in [1.54, 1.807) is 6.07 Å². The van der Waals surface area contributed by atoms with E-state index in [0.717, 1.165) is 41.8 Å². The standard InChI is InChI=1S/C22H24Cl2N4O/c23-17-8-7-14(11-18(17)24)10-16(25)12-21(29)28-9-3-4-15(13-28)22-26-19-5-1-2-6-20(19)27-22/h1-2,5-8,11,15-16H,3-4,9-10,12-13,25H2,(H,26,27)/t15?,16-/m1/s1. The molecule has 4 rings (SSSR count). The summed E-state index contributed by atoms with van der Waals surface area (Å²) < 4.78 is 0. The van der Waals surface area contributed by atoms with Gasteiger partial charge in [0, 0.05) is 31.5 Å². The van der Waals surface area contributed by atoms with Crippen LogP contribution in [0.5, 0.6) is 0 Å². The average molecular weight is 431 g/mol. The number of carbonyl (C=O) groups excluding carboxylic acids is 1. The van der Waals surface area contributed by atoms with Gasteiger partial charge in [0.05, 0.1) is 21.1 Å². The number of nitrogens with one attached hydrogen (secondary N) is 1. The third kappa shape index (κ3) is 4.74. The summed E-state index contributed by atoms with van der Waals surface area (Å²) >= 11 is 12.0. The Kier molecular flexibility index (Phi) is 6.09. The lowest BCUT2D eigenvalue weighted by molar-refractivity contribution is -0.132. The van der Waals surface area contributed by atoms with Gasteiger partial charge < -0.3 is 15.6 Å². The van der Waals surface area contributed by atoms with E-state index in [1.165, 1.54) is 0 Å². The largest absolute Gasteiger partial charge is 0.342 e. The van der Waals surface area contributed by atoms with Gasteiger partial charge in [-0.1, -0.05) is 41.4 Å². The molecule has 3 aromatic rings. The highest BCUT2D eigenvalue weighted by atomic mass is 35.5. The van der Waals surface area contributed by atoms with Crippen LogP contribution >= 0.6 is 23.2 Å². The van der Waals surface area contributed by atoms with E-state index >= 15 is 0 Å². The molecular weight excluding hydrogens is 407 g/mol. The number of hydrogen-bond donors (Lipinski definition) is 2. The lowest BCUT2D eigenvalue weighted by atomic mass is 9.96. The zero-order valence-corrected chi connectivity index (χ0v) is 17.6.